The smallest absolute Gasteiger partial charge is 0.243 e. The number of ether oxygens (including phenoxy) is 2. The second-order valence-electron chi connectivity index (χ2n) is 6.70. The molecule has 0 aliphatic carbocycles. The van der Waals surface area contributed by atoms with Gasteiger partial charge in [-0.15, -0.1) is 0 Å². The van der Waals surface area contributed by atoms with Crippen molar-refractivity contribution in [3.05, 3.63) is 53.8 Å². The lowest BCUT2D eigenvalue weighted by atomic mass is 10.1. The number of benzene rings is 2. The molecule has 0 saturated carbocycles. The summed E-state index contributed by atoms with van der Waals surface area (Å²) in [5.74, 6) is 0.981. The molecule has 0 unspecified atom stereocenters. The standard InChI is InChI=1S/C20H25FN2O4S/c1-3-27-20-14-16(4-9-19(20)26-2)15-22-10-12-23(13-11-22)28(24,25)18-7-5-17(21)6-8-18/h4-9,14H,3,10-13,15H2,1-2H3/p+1. The van der Waals surface area contributed by atoms with E-state index in [1.54, 1.807) is 7.11 Å². The Morgan fingerprint density at radius 2 is 1.75 bits per heavy atom. The van der Waals surface area contributed by atoms with Gasteiger partial charge in [-0.1, -0.05) is 0 Å². The van der Waals surface area contributed by atoms with Gasteiger partial charge in [-0.25, -0.2) is 12.8 Å². The fraction of sp³-hybridized carbons (Fsp3) is 0.400. The van der Waals surface area contributed by atoms with E-state index in [2.05, 4.69) is 0 Å². The predicted molar refractivity (Wildman–Crippen MR) is 104 cm³/mol. The monoisotopic (exact) mass is 409 g/mol. The van der Waals surface area contributed by atoms with Crippen molar-refractivity contribution in [3.63, 3.8) is 0 Å². The van der Waals surface area contributed by atoms with Crippen LogP contribution in [0.4, 0.5) is 4.39 Å². The molecule has 0 spiro atoms. The fourth-order valence-corrected chi connectivity index (χ4v) is 4.80. The Morgan fingerprint density at radius 1 is 1.07 bits per heavy atom. The van der Waals surface area contributed by atoms with Crippen LogP contribution >= 0.6 is 0 Å². The number of piperazine rings is 1. The maximum atomic E-state index is 13.1. The van der Waals surface area contributed by atoms with E-state index in [0.717, 1.165) is 17.9 Å². The highest BCUT2D eigenvalue weighted by Gasteiger charge is 2.30. The molecule has 0 bridgehead atoms. The van der Waals surface area contributed by atoms with Crippen molar-refractivity contribution in [1.82, 2.24) is 4.31 Å². The molecule has 6 nitrogen and oxygen atoms in total. The molecule has 1 N–H and O–H groups in total. The van der Waals surface area contributed by atoms with Gasteiger partial charge in [0.2, 0.25) is 10.0 Å². The Hall–Kier alpha value is -2.16. The van der Waals surface area contributed by atoms with Gasteiger partial charge < -0.3 is 14.4 Å². The van der Waals surface area contributed by atoms with E-state index in [1.807, 2.05) is 25.1 Å². The fourth-order valence-electron chi connectivity index (χ4n) is 3.36. The van der Waals surface area contributed by atoms with E-state index in [1.165, 1.54) is 33.5 Å². The molecule has 1 aliphatic rings. The number of methoxy groups -OCH3 is 1. The van der Waals surface area contributed by atoms with Gasteiger partial charge in [0.1, 0.15) is 12.4 Å². The first kappa shape index (κ1) is 20.6. The van der Waals surface area contributed by atoms with Crippen molar-refractivity contribution in [2.45, 2.75) is 18.4 Å². The van der Waals surface area contributed by atoms with Crippen LogP contribution in [0.5, 0.6) is 11.5 Å². The summed E-state index contributed by atoms with van der Waals surface area (Å²) in [7, 11) is -1.97. The van der Waals surface area contributed by atoms with Crippen LogP contribution in [0.25, 0.3) is 0 Å². The van der Waals surface area contributed by atoms with Crippen molar-refractivity contribution in [3.8, 4) is 11.5 Å². The Bertz CT molecular complexity index is 895. The molecule has 28 heavy (non-hydrogen) atoms. The molecule has 0 aromatic heterocycles. The number of sulfonamides is 1. The van der Waals surface area contributed by atoms with E-state index >= 15 is 0 Å². The maximum Gasteiger partial charge on any atom is 0.243 e. The number of hydrogen-bond acceptors (Lipinski definition) is 4. The topological polar surface area (TPSA) is 60.3 Å². The summed E-state index contributed by atoms with van der Waals surface area (Å²) >= 11 is 0. The Labute approximate surface area is 165 Å². The zero-order valence-electron chi connectivity index (χ0n) is 16.2. The van der Waals surface area contributed by atoms with Gasteiger partial charge in [0, 0.05) is 5.56 Å². The van der Waals surface area contributed by atoms with Crippen LogP contribution in [0.2, 0.25) is 0 Å². The summed E-state index contributed by atoms with van der Waals surface area (Å²) < 4.78 is 50.9. The molecule has 2 aromatic carbocycles. The van der Waals surface area contributed by atoms with Gasteiger partial charge in [-0.05, 0) is 49.4 Å². The number of halogens is 1. The maximum absolute atomic E-state index is 13.1. The Kier molecular flexibility index (Phi) is 6.53. The SMILES string of the molecule is CCOc1cc(C[NH+]2CCN(S(=O)(=O)c3ccc(F)cc3)CC2)ccc1OC. The van der Waals surface area contributed by atoms with Gasteiger partial charge in [0.25, 0.3) is 0 Å². The number of quaternary nitrogens is 1. The second-order valence-corrected chi connectivity index (χ2v) is 8.64. The van der Waals surface area contributed by atoms with E-state index in [9.17, 15) is 12.8 Å². The van der Waals surface area contributed by atoms with Gasteiger partial charge in [0.15, 0.2) is 11.5 Å². The molecular weight excluding hydrogens is 383 g/mol. The lowest BCUT2D eigenvalue weighted by Crippen LogP contribution is -3.13. The lowest BCUT2D eigenvalue weighted by Gasteiger charge is -2.31. The van der Waals surface area contributed by atoms with E-state index in [0.29, 0.717) is 38.5 Å². The third-order valence-electron chi connectivity index (χ3n) is 4.86. The first-order chi connectivity index (χ1) is 13.4. The summed E-state index contributed by atoms with van der Waals surface area (Å²) in [6.45, 7) is 5.55. The summed E-state index contributed by atoms with van der Waals surface area (Å²) in [6, 6.07) is 10.9. The molecular formula is C20H26FN2O4S+. The average Bonchev–Trinajstić information content (AvgIpc) is 2.69. The summed E-state index contributed by atoms with van der Waals surface area (Å²) in [5.41, 5.74) is 1.12. The molecule has 1 fully saturated rings. The van der Waals surface area contributed by atoms with Crippen LogP contribution in [0.3, 0.4) is 0 Å². The molecule has 8 heteroatoms. The molecule has 0 atom stereocenters. The summed E-state index contributed by atoms with van der Waals surface area (Å²) in [4.78, 5) is 1.44. The quantitative estimate of drug-likeness (QED) is 0.750. The van der Waals surface area contributed by atoms with E-state index < -0.39 is 15.8 Å². The van der Waals surface area contributed by atoms with Gasteiger partial charge in [-0.3, -0.25) is 0 Å². The number of rotatable bonds is 7. The number of hydrogen-bond donors (Lipinski definition) is 1. The van der Waals surface area contributed by atoms with Crippen LogP contribution in [0.15, 0.2) is 47.4 Å². The second kappa shape index (κ2) is 8.89. The van der Waals surface area contributed by atoms with Crippen LogP contribution in [0.1, 0.15) is 12.5 Å². The third kappa shape index (κ3) is 4.63. The van der Waals surface area contributed by atoms with E-state index in [-0.39, 0.29) is 4.90 Å². The zero-order chi connectivity index (χ0) is 20.1. The predicted octanol–water partition coefficient (Wildman–Crippen LogP) is 1.32. The minimum Gasteiger partial charge on any atom is -0.493 e. The van der Waals surface area contributed by atoms with Crippen molar-refractivity contribution in [2.75, 3.05) is 39.9 Å². The van der Waals surface area contributed by atoms with E-state index in [4.69, 9.17) is 9.47 Å². The van der Waals surface area contributed by atoms with Gasteiger partial charge in [0.05, 0.1) is 44.8 Å². The molecule has 1 aliphatic heterocycles. The van der Waals surface area contributed by atoms with Crippen LogP contribution in [-0.4, -0.2) is 52.6 Å². The molecule has 0 amide bonds. The molecule has 0 radical (unpaired) electrons. The minimum absolute atomic E-state index is 0.133. The van der Waals surface area contributed by atoms with Crippen molar-refractivity contribution < 1.29 is 27.2 Å². The normalized spacial score (nSPS) is 16.1. The third-order valence-corrected chi connectivity index (χ3v) is 6.78. The Balaban J connectivity index is 1.62. The van der Waals surface area contributed by atoms with Gasteiger partial charge in [-0.2, -0.15) is 4.31 Å². The van der Waals surface area contributed by atoms with Crippen molar-refractivity contribution in [1.29, 1.82) is 0 Å². The highest BCUT2D eigenvalue weighted by atomic mass is 32.2. The van der Waals surface area contributed by atoms with Crippen LogP contribution in [0, 0.1) is 5.82 Å². The van der Waals surface area contributed by atoms with Gasteiger partial charge >= 0.3 is 0 Å². The molecule has 1 heterocycles. The first-order valence-corrected chi connectivity index (χ1v) is 10.8. The highest BCUT2D eigenvalue weighted by molar-refractivity contribution is 7.89. The largest absolute Gasteiger partial charge is 0.493 e. The van der Waals surface area contributed by atoms with Crippen molar-refractivity contribution in [2.24, 2.45) is 0 Å². The summed E-state index contributed by atoms with van der Waals surface area (Å²) in [6.07, 6.45) is 0. The lowest BCUT2D eigenvalue weighted by molar-refractivity contribution is -0.917. The summed E-state index contributed by atoms with van der Waals surface area (Å²) in [5, 5.41) is 0. The molecule has 3 rings (SSSR count). The Morgan fingerprint density at radius 3 is 2.36 bits per heavy atom. The molecule has 152 valence electrons. The first-order valence-electron chi connectivity index (χ1n) is 9.33. The molecule has 1 saturated heterocycles. The minimum atomic E-state index is -3.58. The molecule has 2 aromatic rings. The van der Waals surface area contributed by atoms with Crippen molar-refractivity contribution >= 4 is 10.0 Å². The number of nitrogens with zero attached hydrogens (tertiary/aromatic N) is 1. The average molecular weight is 410 g/mol. The zero-order valence-corrected chi connectivity index (χ0v) is 17.0. The number of nitrogens with one attached hydrogen (secondary N) is 1. The highest BCUT2D eigenvalue weighted by Crippen LogP contribution is 2.27. The van der Waals surface area contributed by atoms with Crippen LogP contribution < -0.4 is 14.4 Å². The van der Waals surface area contributed by atoms with Crippen LogP contribution in [-0.2, 0) is 16.6 Å².